The van der Waals surface area contributed by atoms with E-state index in [1.807, 2.05) is 30.5 Å². The van der Waals surface area contributed by atoms with Gasteiger partial charge in [0.2, 0.25) is 0 Å². The van der Waals surface area contributed by atoms with Crippen molar-refractivity contribution in [2.75, 3.05) is 5.43 Å². The Morgan fingerprint density at radius 3 is 2.71 bits per heavy atom. The van der Waals surface area contributed by atoms with Gasteiger partial charge < -0.3 is 4.57 Å². The molecule has 0 saturated carbocycles. The molecule has 0 bridgehead atoms. The van der Waals surface area contributed by atoms with Crippen LogP contribution in [0.1, 0.15) is 30.8 Å². The van der Waals surface area contributed by atoms with Crippen LogP contribution in [0, 0.1) is 19.8 Å². The van der Waals surface area contributed by atoms with Crippen molar-refractivity contribution < 1.29 is 0 Å². The van der Waals surface area contributed by atoms with E-state index in [0.717, 1.165) is 17.8 Å². The molecule has 0 fully saturated rings. The van der Waals surface area contributed by atoms with Crippen LogP contribution in [-0.4, -0.2) is 10.8 Å². The molecule has 0 amide bonds. The normalized spacial score (nSPS) is 11.5. The van der Waals surface area contributed by atoms with Crippen molar-refractivity contribution in [1.29, 1.82) is 0 Å². The third kappa shape index (κ3) is 4.11. The number of hydrazone groups is 1. The van der Waals surface area contributed by atoms with Crippen molar-refractivity contribution in [2.24, 2.45) is 11.0 Å². The molecule has 1 heterocycles. The summed E-state index contributed by atoms with van der Waals surface area (Å²) in [6.07, 6.45) is 1.86. The van der Waals surface area contributed by atoms with Crippen molar-refractivity contribution in [3.05, 3.63) is 52.3 Å². The van der Waals surface area contributed by atoms with Gasteiger partial charge in [0.15, 0.2) is 0 Å². The van der Waals surface area contributed by atoms with Gasteiger partial charge in [0.05, 0.1) is 11.9 Å². The van der Waals surface area contributed by atoms with E-state index in [2.05, 4.69) is 48.9 Å². The fourth-order valence-electron chi connectivity index (χ4n) is 2.34. The van der Waals surface area contributed by atoms with Crippen molar-refractivity contribution in [2.45, 2.75) is 34.2 Å². The maximum Gasteiger partial charge on any atom is 0.0576 e. The molecule has 112 valence electrons. The molecule has 0 aliphatic rings. The molecule has 21 heavy (non-hydrogen) atoms. The number of aryl methyl sites for hydroxylation is 1. The topological polar surface area (TPSA) is 29.3 Å². The second-order valence-corrected chi connectivity index (χ2v) is 6.15. The molecule has 4 heteroatoms. The van der Waals surface area contributed by atoms with Gasteiger partial charge in [0.1, 0.15) is 0 Å². The Morgan fingerprint density at radius 1 is 1.29 bits per heavy atom. The average Bonchev–Trinajstić information content (AvgIpc) is 2.66. The quantitative estimate of drug-likeness (QED) is 0.620. The molecule has 1 aromatic carbocycles. The zero-order valence-corrected chi connectivity index (χ0v) is 13.8. The molecule has 2 rings (SSSR count). The first-order valence-corrected chi connectivity index (χ1v) is 7.56. The van der Waals surface area contributed by atoms with Crippen LogP contribution in [0.2, 0.25) is 5.02 Å². The van der Waals surface area contributed by atoms with Crippen LogP contribution in [0.4, 0.5) is 5.69 Å². The Morgan fingerprint density at radius 2 is 2.05 bits per heavy atom. The van der Waals surface area contributed by atoms with Crippen LogP contribution in [0.25, 0.3) is 0 Å². The van der Waals surface area contributed by atoms with Gasteiger partial charge in [-0.25, -0.2) is 0 Å². The summed E-state index contributed by atoms with van der Waals surface area (Å²) in [7, 11) is 0. The molecular weight excluding hydrogens is 282 g/mol. The van der Waals surface area contributed by atoms with E-state index in [-0.39, 0.29) is 0 Å². The molecule has 0 spiro atoms. The van der Waals surface area contributed by atoms with Gasteiger partial charge >= 0.3 is 0 Å². The molecule has 0 radical (unpaired) electrons. The first kappa shape index (κ1) is 15.6. The Balaban J connectivity index is 2.11. The summed E-state index contributed by atoms with van der Waals surface area (Å²) < 4.78 is 2.34. The Bertz CT molecular complexity index is 641. The lowest BCUT2D eigenvalue weighted by Gasteiger charge is -2.11. The standard InChI is InChI=1S/C17H22ClN3/c1-12(2)11-21-13(3)8-15(14(21)4)10-19-20-17-7-5-6-16(18)9-17/h5-10,12,20H,11H2,1-4H3/b19-10-. The van der Waals surface area contributed by atoms with E-state index in [0.29, 0.717) is 10.9 Å². The average molecular weight is 304 g/mol. The minimum Gasteiger partial charge on any atom is -0.348 e. The maximum atomic E-state index is 5.94. The lowest BCUT2D eigenvalue weighted by Crippen LogP contribution is -2.08. The van der Waals surface area contributed by atoms with Crippen LogP contribution in [0.3, 0.4) is 0 Å². The maximum absolute atomic E-state index is 5.94. The monoisotopic (exact) mass is 303 g/mol. The Labute approximate surface area is 131 Å². The van der Waals surface area contributed by atoms with Gasteiger partial charge in [-0.3, -0.25) is 5.43 Å². The fourth-order valence-corrected chi connectivity index (χ4v) is 2.53. The van der Waals surface area contributed by atoms with Crippen molar-refractivity contribution in [3.8, 4) is 0 Å². The summed E-state index contributed by atoms with van der Waals surface area (Å²) in [5.74, 6) is 0.629. The number of rotatable bonds is 5. The molecule has 3 nitrogen and oxygen atoms in total. The summed E-state index contributed by atoms with van der Waals surface area (Å²) in [6.45, 7) is 9.77. The van der Waals surface area contributed by atoms with E-state index in [9.17, 15) is 0 Å². The summed E-state index contributed by atoms with van der Waals surface area (Å²) in [6, 6.07) is 9.69. The minimum absolute atomic E-state index is 0.629. The predicted octanol–water partition coefficient (Wildman–Crippen LogP) is 4.86. The zero-order valence-electron chi connectivity index (χ0n) is 13.0. The van der Waals surface area contributed by atoms with E-state index in [4.69, 9.17) is 11.6 Å². The number of nitrogens with one attached hydrogen (secondary N) is 1. The SMILES string of the molecule is Cc1cc(/C=N\Nc2cccc(Cl)c2)c(C)n1CC(C)C. The van der Waals surface area contributed by atoms with Crippen LogP contribution in [0.15, 0.2) is 35.4 Å². The summed E-state index contributed by atoms with van der Waals surface area (Å²) in [5.41, 5.74) is 7.55. The molecule has 2 aromatic rings. The van der Waals surface area contributed by atoms with Crippen LogP contribution < -0.4 is 5.43 Å². The first-order chi connectivity index (χ1) is 9.97. The first-order valence-electron chi connectivity index (χ1n) is 7.18. The smallest absolute Gasteiger partial charge is 0.0576 e. The molecule has 1 aromatic heterocycles. The second kappa shape index (κ2) is 6.81. The highest BCUT2D eigenvalue weighted by molar-refractivity contribution is 6.30. The second-order valence-electron chi connectivity index (χ2n) is 5.71. The van der Waals surface area contributed by atoms with Gasteiger partial charge in [-0.15, -0.1) is 0 Å². The van der Waals surface area contributed by atoms with Crippen molar-refractivity contribution >= 4 is 23.5 Å². The molecule has 1 N–H and O–H groups in total. The Kier molecular flexibility index (Phi) is 5.07. The van der Waals surface area contributed by atoms with Crippen LogP contribution in [0.5, 0.6) is 0 Å². The molecule has 0 saturated heterocycles. The van der Waals surface area contributed by atoms with Crippen molar-refractivity contribution in [1.82, 2.24) is 4.57 Å². The Hall–Kier alpha value is -1.74. The van der Waals surface area contributed by atoms with Gasteiger partial charge in [-0.1, -0.05) is 31.5 Å². The number of halogens is 1. The van der Waals surface area contributed by atoms with Gasteiger partial charge in [0, 0.05) is 28.5 Å². The molecular formula is C17H22ClN3. The van der Waals surface area contributed by atoms with E-state index in [1.165, 1.54) is 11.4 Å². The largest absolute Gasteiger partial charge is 0.348 e. The van der Waals surface area contributed by atoms with Gasteiger partial charge in [-0.2, -0.15) is 5.10 Å². The molecule has 0 unspecified atom stereocenters. The number of hydrogen-bond donors (Lipinski definition) is 1. The van der Waals surface area contributed by atoms with E-state index >= 15 is 0 Å². The highest BCUT2D eigenvalue weighted by atomic mass is 35.5. The highest BCUT2D eigenvalue weighted by Crippen LogP contribution is 2.17. The lowest BCUT2D eigenvalue weighted by molar-refractivity contribution is 0.509. The number of benzene rings is 1. The summed E-state index contributed by atoms with van der Waals surface area (Å²) in [4.78, 5) is 0. The van der Waals surface area contributed by atoms with E-state index in [1.54, 1.807) is 0 Å². The zero-order chi connectivity index (χ0) is 15.4. The lowest BCUT2D eigenvalue weighted by atomic mass is 10.2. The number of nitrogens with zero attached hydrogens (tertiary/aromatic N) is 2. The molecule has 0 atom stereocenters. The minimum atomic E-state index is 0.629. The molecule has 0 aliphatic heterocycles. The van der Waals surface area contributed by atoms with Crippen molar-refractivity contribution in [3.63, 3.8) is 0 Å². The van der Waals surface area contributed by atoms with Crippen LogP contribution >= 0.6 is 11.6 Å². The van der Waals surface area contributed by atoms with E-state index < -0.39 is 0 Å². The number of hydrogen-bond acceptors (Lipinski definition) is 2. The fraction of sp³-hybridized carbons (Fsp3) is 0.353. The summed E-state index contributed by atoms with van der Waals surface area (Å²) in [5, 5.41) is 5.00. The van der Waals surface area contributed by atoms with Crippen LogP contribution in [-0.2, 0) is 6.54 Å². The van der Waals surface area contributed by atoms with Gasteiger partial charge in [0.25, 0.3) is 0 Å². The third-order valence-corrected chi connectivity index (χ3v) is 3.62. The molecule has 0 aliphatic carbocycles. The number of aromatic nitrogens is 1. The van der Waals surface area contributed by atoms with Gasteiger partial charge in [-0.05, 0) is 44.0 Å². The number of anilines is 1. The highest BCUT2D eigenvalue weighted by Gasteiger charge is 2.08. The summed E-state index contributed by atoms with van der Waals surface area (Å²) >= 11 is 5.94. The third-order valence-electron chi connectivity index (χ3n) is 3.38. The predicted molar refractivity (Wildman–Crippen MR) is 91.4 cm³/mol.